The van der Waals surface area contributed by atoms with E-state index < -0.39 is 5.63 Å². The lowest BCUT2D eigenvalue weighted by molar-refractivity contribution is 0.429. The maximum atomic E-state index is 12.2. The maximum absolute atomic E-state index is 12.2. The molecule has 0 radical (unpaired) electrons. The van der Waals surface area contributed by atoms with Crippen molar-refractivity contribution < 1.29 is 8.94 Å². The summed E-state index contributed by atoms with van der Waals surface area (Å²) < 4.78 is 10.6. The van der Waals surface area contributed by atoms with E-state index in [2.05, 4.69) is 10.1 Å². The maximum Gasteiger partial charge on any atom is 0.349 e. The standard InChI is InChI=1S/C19H15N3O3/c1-22(2)14-9-7-12(8-10-14)17-20-18(25-21-17)15-11-13-5-3-4-6-16(13)24-19(15)23/h3-11H,1-2H3. The molecule has 0 fully saturated rings. The fraction of sp³-hybridized carbons (Fsp3) is 0.105. The van der Waals surface area contributed by atoms with Gasteiger partial charge in [-0.25, -0.2) is 4.79 Å². The minimum absolute atomic E-state index is 0.145. The first-order valence-electron chi connectivity index (χ1n) is 7.76. The van der Waals surface area contributed by atoms with E-state index in [0.717, 1.165) is 16.6 Å². The molecule has 25 heavy (non-hydrogen) atoms. The zero-order valence-corrected chi connectivity index (χ0v) is 13.8. The Hall–Kier alpha value is -3.41. The van der Waals surface area contributed by atoms with Gasteiger partial charge in [0.05, 0.1) is 0 Å². The van der Waals surface area contributed by atoms with Crippen molar-refractivity contribution in [3.63, 3.8) is 0 Å². The van der Waals surface area contributed by atoms with Crippen molar-refractivity contribution in [2.45, 2.75) is 0 Å². The van der Waals surface area contributed by atoms with Crippen LogP contribution in [-0.2, 0) is 0 Å². The van der Waals surface area contributed by atoms with E-state index >= 15 is 0 Å². The summed E-state index contributed by atoms with van der Waals surface area (Å²) in [5.74, 6) is 0.569. The first-order chi connectivity index (χ1) is 12.1. The number of benzene rings is 2. The summed E-state index contributed by atoms with van der Waals surface area (Å²) in [6.45, 7) is 0. The zero-order chi connectivity index (χ0) is 17.4. The number of nitrogens with zero attached hydrogens (tertiary/aromatic N) is 3. The summed E-state index contributed by atoms with van der Waals surface area (Å²) >= 11 is 0. The molecule has 0 unspecified atom stereocenters. The SMILES string of the molecule is CN(C)c1ccc(-c2noc(-c3cc4ccccc4oc3=O)n2)cc1. The second-order valence-corrected chi connectivity index (χ2v) is 5.85. The van der Waals surface area contributed by atoms with Crippen molar-refractivity contribution in [3.05, 3.63) is 65.0 Å². The molecule has 0 saturated carbocycles. The van der Waals surface area contributed by atoms with Crippen LogP contribution in [0.2, 0.25) is 0 Å². The summed E-state index contributed by atoms with van der Waals surface area (Å²) in [5.41, 5.74) is 2.16. The van der Waals surface area contributed by atoms with E-state index in [0.29, 0.717) is 11.4 Å². The minimum Gasteiger partial charge on any atom is -0.422 e. The molecule has 0 atom stereocenters. The van der Waals surface area contributed by atoms with Crippen LogP contribution in [0.3, 0.4) is 0 Å². The highest BCUT2D eigenvalue weighted by atomic mass is 16.5. The van der Waals surface area contributed by atoms with E-state index in [9.17, 15) is 4.79 Å². The molecule has 124 valence electrons. The summed E-state index contributed by atoms with van der Waals surface area (Å²) in [6.07, 6.45) is 0. The second kappa shape index (κ2) is 5.90. The molecule has 2 aromatic carbocycles. The predicted molar refractivity (Wildman–Crippen MR) is 95.5 cm³/mol. The van der Waals surface area contributed by atoms with Gasteiger partial charge in [0.15, 0.2) is 0 Å². The molecule has 0 bridgehead atoms. The quantitative estimate of drug-likeness (QED) is 0.534. The third kappa shape index (κ3) is 2.78. The lowest BCUT2D eigenvalue weighted by atomic mass is 10.2. The number of fused-ring (bicyclic) bond motifs is 1. The van der Waals surface area contributed by atoms with Gasteiger partial charge in [0.25, 0.3) is 5.89 Å². The Morgan fingerprint density at radius 2 is 1.76 bits per heavy atom. The smallest absolute Gasteiger partial charge is 0.349 e. The fourth-order valence-corrected chi connectivity index (χ4v) is 2.57. The van der Waals surface area contributed by atoms with Crippen molar-refractivity contribution in [1.82, 2.24) is 10.1 Å². The molecule has 0 spiro atoms. The monoisotopic (exact) mass is 333 g/mol. The van der Waals surface area contributed by atoms with Crippen molar-refractivity contribution in [1.29, 1.82) is 0 Å². The normalized spacial score (nSPS) is 11.0. The average molecular weight is 333 g/mol. The third-order valence-corrected chi connectivity index (χ3v) is 3.94. The number of rotatable bonds is 3. The minimum atomic E-state index is -0.503. The summed E-state index contributed by atoms with van der Waals surface area (Å²) in [4.78, 5) is 18.5. The lowest BCUT2D eigenvalue weighted by Crippen LogP contribution is -2.07. The molecule has 2 heterocycles. The molecular formula is C19H15N3O3. The number of aromatic nitrogens is 2. The Bertz CT molecular complexity index is 1090. The molecular weight excluding hydrogens is 318 g/mol. The Morgan fingerprint density at radius 3 is 2.52 bits per heavy atom. The van der Waals surface area contributed by atoms with E-state index in [-0.39, 0.29) is 11.5 Å². The molecule has 0 amide bonds. The molecule has 0 aliphatic heterocycles. The number of para-hydroxylation sites is 1. The van der Waals surface area contributed by atoms with Crippen LogP contribution in [0.15, 0.2) is 68.3 Å². The summed E-state index contributed by atoms with van der Waals surface area (Å²) in [6, 6.07) is 16.7. The molecule has 0 aliphatic carbocycles. The van der Waals surface area contributed by atoms with Crippen molar-refractivity contribution in [2.75, 3.05) is 19.0 Å². The van der Waals surface area contributed by atoms with E-state index in [4.69, 9.17) is 8.94 Å². The number of anilines is 1. The first-order valence-corrected chi connectivity index (χ1v) is 7.76. The molecule has 0 aliphatic rings. The Labute approximate surface area is 143 Å². The van der Waals surface area contributed by atoms with E-state index in [1.807, 2.05) is 61.5 Å². The van der Waals surface area contributed by atoms with Crippen LogP contribution in [0.5, 0.6) is 0 Å². The molecule has 4 aromatic rings. The van der Waals surface area contributed by atoms with Crippen LogP contribution in [0.25, 0.3) is 33.8 Å². The van der Waals surface area contributed by atoms with Crippen LogP contribution in [0, 0.1) is 0 Å². The van der Waals surface area contributed by atoms with E-state index in [1.165, 1.54) is 0 Å². The fourth-order valence-electron chi connectivity index (χ4n) is 2.57. The van der Waals surface area contributed by atoms with Gasteiger partial charge in [0.2, 0.25) is 5.82 Å². The van der Waals surface area contributed by atoms with Crippen LogP contribution < -0.4 is 10.5 Å². The van der Waals surface area contributed by atoms with Gasteiger partial charge in [-0.2, -0.15) is 4.98 Å². The van der Waals surface area contributed by atoms with Gasteiger partial charge in [-0.05, 0) is 36.4 Å². The largest absolute Gasteiger partial charge is 0.422 e. The molecule has 0 N–H and O–H groups in total. The molecule has 4 rings (SSSR count). The van der Waals surface area contributed by atoms with Gasteiger partial charge in [-0.1, -0.05) is 23.4 Å². The lowest BCUT2D eigenvalue weighted by Gasteiger charge is -2.11. The Morgan fingerprint density at radius 1 is 1.00 bits per heavy atom. The first kappa shape index (κ1) is 15.1. The highest BCUT2D eigenvalue weighted by Crippen LogP contribution is 2.24. The highest BCUT2D eigenvalue weighted by Gasteiger charge is 2.16. The Balaban J connectivity index is 1.74. The van der Waals surface area contributed by atoms with E-state index in [1.54, 1.807) is 12.1 Å². The van der Waals surface area contributed by atoms with Gasteiger partial charge in [-0.15, -0.1) is 0 Å². The van der Waals surface area contributed by atoms with Gasteiger partial charge in [0, 0.05) is 30.7 Å². The molecule has 6 heteroatoms. The highest BCUT2D eigenvalue weighted by molar-refractivity contribution is 5.80. The van der Waals surface area contributed by atoms with Crippen molar-refractivity contribution in [2.24, 2.45) is 0 Å². The Kier molecular flexibility index (Phi) is 3.57. The van der Waals surface area contributed by atoms with Gasteiger partial charge >= 0.3 is 5.63 Å². The topological polar surface area (TPSA) is 72.4 Å². The third-order valence-electron chi connectivity index (χ3n) is 3.94. The number of hydrogen-bond acceptors (Lipinski definition) is 6. The summed E-state index contributed by atoms with van der Waals surface area (Å²) in [5, 5.41) is 4.78. The number of hydrogen-bond donors (Lipinski definition) is 0. The van der Waals surface area contributed by atoms with Gasteiger partial charge in [0.1, 0.15) is 11.1 Å². The van der Waals surface area contributed by atoms with Crippen LogP contribution in [-0.4, -0.2) is 24.2 Å². The van der Waals surface area contributed by atoms with Crippen molar-refractivity contribution in [3.8, 4) is 22.8 Å². The van der Waals surface area contributed by atoms with Crippen LogP contribution in [0.4, 0.5) is 5.69 Å². The second-order valence-electron chi connectivity index (χ2n) is 5.85. The predicted octanol–water partition coefficient (Wildman–Crippen LogP) is 3.58. The van der Waals surface area contributed by atoms with Crippen LogP contribution in [0.1, 0.15) is 0 Å². The average Bonchev–Trinajstić information content (AvgIpc) is 3.11. The molecule has 0 saturated heterocycles. The molecule has 6 nitrogen and oxygen atoms in total. The summed E-state index contributed by atoms with van der Waals surface area (Å²) in [7, 11) is 3.95. The van der Waals surface area contributed by atoms with Gasteiger partial charge in [-0.3, -0.25) is 0 Å². The molecule has 2 aromatic heterocycles. The van der Waals surface area contributed by atoms with Gasteiger partial charge < -0.3 is 13.8 Å². The van der Waals surface area contributed by atoms with Crippen LogP contribution >= 0.6 is 0 Å². The van der Waals surface area contributed by atoms with Crippen molar-refractivity contribution >= 4 is 16.7 Å². The zero-order valence-electron chi connectivity index (χ0n) is 13.8.